The summed E-state index contributed by atoms with van der Waals surface area (Å²) in [5, 5.41) is 13.5. The van der Waals surface area contributed by atoms with Crippen molar-refractivity contribution >= 4 is 17.0 Å². The van der Waals surface area contributed by atoms with E-state index in [0.29, 0.717) is 0 Å². The van der Waals surface area contributed by atoms with Gasteiger partial charge in [0.2, 0.25) is 0 Å². The Balaban J connectivity index is 1.61. The van der Waals surface area contributed by atoms with Crippen LogP contribution in [0, 0.1) is 0 Å². The number of carbonyl (C=O) groups excluding carboxylic acids is 1. The molecule has 6 nitrogen and oxygen atoms in total. The summed E-state index contributed by atoms with van der Waals surface area (Å²) < 4.78 is 49.1. The van der Waals surface area contributed by atoms with E-state index in [9.17, 15) is 23.1 Å². The van der Waals surface area contributed by atoms with Crippen molar-refractivity contribution in [2.45, 2.75) is 70.7 Å². The van der Waals surface area contributed by atoms with Crippen molar-refractivity contribution in [2.75, 3.05) is 0 Å². The summed E-state index contributed by atoms with van der Waals surface area (Å²) >= 11 is 0. The predicted molar refractivity (Wildman–Crippen MR) is 126 cm³/mol. The Morgan fingerprint density at radius 1 is 1.11 bits per heavy atom. The van der Waals surface area contributed by atoms with Crippen LogP contribution in [0.5, 0.6) is 5.75 Å². The van der Waals surface area contributed by atoms with E-state index in [2.05, 4.69) is 14.6 Å². The molecule has 1 heterocycles. The van der Waals surface area contributed by atoms with E-state index in [0.717, 1.165) is 46.9 Å². The first-order valence-corrected chi connectivity index (χ1v) is 11.5. The Bertz CT molecular complexity index is 1200. The van der Waals surface area contributed by atoms with Crippen LogP contribution in [0.2, 0.25) is 0 Å². The summed E-state index contributed by atoms with van der Waals surface area (Å²) in [7, 11) is 0. The third kappa shape index (κ3) is 6.08. The maximum absolute atomic E-state index is 12.5. The number of nitrogens with zero attached hydrogens (tertiary/aromatic N) is 1. The van der Waals surface area contributed by atoms with Gasteiger partial charge in [-0.3, -0.25) is 0 Å². The van der Waals surface area contributed by atoms with Crippen molar-refractivity contribution in [2.24, 2.45) is 0 Å². The number of nitrogens with one attached hydrogen (secondary N) is 1. The number of aliphatic hydroxyl groups is 1. The molecule has 1 aliphatic rings. The van der Waals surface area contributed by atoms with Crippen molar-refractivity contribution in [1.82, 2.24) is 9.88 Å². The molecular formula is C26H29F3N2O4. The van der Waals surface area contributed by atoms with Crippen LogP contribution in [-0.4, -0.2) is 33.8 Å². The fourth-order valence-electron chi connectivity index (χ4n) is 4.58. The molecule has 0 radical (unpaired) electrons. The van der Waals surface area contributed by atoms with Crippen LogP contribution in [0.4, 0.5) is 18.0 Å². The molecule has 4 rings (SSSR count). The van der Waals surface area contributed by atoms with Crippen LogP contribution in [0.1, 0.15) is 51.6 Å². The van der Waals surface area contributed by atoms with Gasteiger partial charge in [0.05, 0.1) is 6.61 Å². The summed E-state index contributed by atoms with van der Waals surface area (Å²) in [6.07, 6.45) is -0.815. The Labute approximate surface area is 201 Å². The summed E-state index contributed by atoms with van der Waals surface area (Å²) in [4.78, 5) is 12.2. The van der Waals surface area contributed by atoms with Crippen LogP contribution < -0.4 is 10.1 Å². The molecule has 2 aromatic carbocycles. The molecule has 188 valence electrons. The van der Waals surface area contributed by atoms with Crippen molar-refractivity contribution in [1.29, 1.82) is 0 Å². The quantitative estimate of drug-likeness (QED) is 0.439. The predicted octanol–water partition coefficient (Wildman–Crippen LogP) is 6.32. The average Bonchev–Trinajstić information content (AvgIpc) is 3.35. The lowest BCUT2D eigenvalue weighted by Gasteiger charge is -2.22. The van der Waals surface area contributed by atoms with Crippen molar-refractivity contribution in [3.05, 3.63) is 54.2 Å². The fourth-order valence-corrected chi connectivity index (χ4v) is 4.58. The number of carbonyl (C=O) groups is 1. The summed E-state index contributed by atoms with van der Waals surface area (Å²) in [5.74, 6) is -0.284. The molecule has 3 aromatic rings. The number of hydrogen-bond acceptors (Lipinski definition) is 4. The van der Waals surface area contributed by atoms with Crippen LogP contribution in [0.25, 0.3) is 22.0 Å². The summed E-state index contributed by atoms with van der Waals surface area (Å²) in [6, 6.07) is 11.6. The third-order valence-corrected chi connectivity index (χ3v) is 6.00. The van der Waals surface area contributed by atoms with Gasteiger partial charge in [0.1, 0.15) is 11.4 Å². The van der Waals surface area contributed by atoms with Crippen LogP contribution >= 0.6 is 0 Å². The minimum atomic E-state index is -4.75. The SMILES string of the molecule is CC(C)(C)OC(=O)NC1CCC(n2cc(-c3ccc(OC(F)(F)F)cc3)c3cc(CO)ccc32)C1. The first kappa shape index (κ1) is 24.9. The lowest BCUT2D eigenvalue weighted by Crippen LogP contribution is -2.38. The molecule has 2 atom stereocenters. The van der Waals surface area contributed by atoms with Crippen LogP contribution in [-0.2, 0) is 11.3 Å². The van der Waals surface area contributed by atoms with Gasteiger partial charge in [0.15, 0.2) is 0 Å². The molecule has 9 heteroatoms. The number of hydrogen-bond donors (Lipinski definition) is 2. The van der Waals surface area contributed by atoms with Gasteiger partial charge in [-0.05, 0) is 75.4 Å². The Morgan fingerprint density at radius 3 is 2.46 bits per heavy atom. The van der Waals surface area contributed by atoms with Gasteiger partial charge in [0, 0.05) is 34.7 Å². The zero-order chi connectivity index (χ0) is 25.4. The number of aromatic nitrogens is 1. The van der Waals surface area contributed by atoms with E-state index in [-0.39, 0.29) is 24.4 Å². The van der Waals surface area contributed by atoms with Crippen molar-refractivity contribution < 1.29 is 32.5 Å². The number of ether oxygens (including phenoxy) is 2. The van der Waals surface area contributed by atoms with Crippen LogP contribution in [0.15, 0.2) is 48.7 Å². The second-order valence-corrected chi connectivity index (χ2v) is 9.84. The van der Waals surface area contributed by atoms with Gasteiger partial charge < -0.3 is 24.5 Å². The molecule has 1 saturated carbocycles. The highest BCUT2D eigenvalue weighted by atomic mass is 19.4. The number of alkyl carbamates (subject to hydrolysis) is 1. The zero-order valence-corrected chi connectivity index (χ0v) is 19.9. The summed E-state index contributed by atoms with van der Waals surface area (Å²) in [6.45, 7) is 5.34. The number of amides is 1. The minimum absolute atomic E-state index is 0.0220. The Hall–Kier alpha value is -3.20. The largest absolute Gasteiger partial charge is 0.573 e. The molecule has 2 N–H and O–H groups in total. The third-order valence-electron chi connectivity index (χ3n) is 6.00. The highest BCUT2D eigenvalue weighted by Crippen LogP contribution is 2.39. The lowest BCUT2D eigenvalue weighted by molar-refractivity contribution is -0.274. The standard InChI is InChI=1S/C26H29F3N2O4/c1-25(2,3)35-24(33)30-18-7-8-19(13-18)31-14-22(21-12-16(15-32)4-11-23(21)31)17-5-9-20(10-6-17)34-26(27,28)29/h4-6,9-12,14,18-19,32H,7-8,13,15H2,1-3H3,(H,30,33). The van der Waals surface area contributed by atoms with Crippen molar-refractivity contribution in [3.63, 3.8) is 0 Å². The summed E-state index contributed by atoms with van der Waals surface area (Å²) in [5.41, 5.74) is 2.70. The zero-order valence-electron chi connectivity index (χ0n) is 19.9. The monoisotopic (exact) mass is 490 g/mol. The molecule has 0 bridgehead atoms. The van der Waals surface area contributed by atoms with Crippen molar-refractivity contribution in [3.8, 4) is 16.9 Å². The van der Waals surface area contributed by atoms with E-state index in [4.69, 9.17) is 4.74 Å². The Kier molecular flexibility index (Phi) is 6.73. The van der Waals surface area contributed by atoms with Gasteiger partial charge in [-0.25, -0.2) is 4.79 Å². The van der Waals surface area contributed by atoms with E-state index in [1.807, 2.05) is 45.2 Å². The molecule has 0 saturated heterocycles. The van der Waals surface area contributed by atoms with Crippen LogP contribution in [0.3, 0.4) is 0 Å². The van der Waals surface area contributed by atoms with E-state index in [1.165, 1.54) is 12.1 Å². The second kappa shape index (κ2) is 9.45. The average molecular weight is 491 g/mol. The molecule has 0 spiro atoms. The molecule has 1 aromatic heterocycles. The number of halogens is 3. The highest BCUT2D eigenvalue weighted by Gasteiger charge is 2.32. The fraction of sp³-hybridized carbons (Fsp3) is 0.423. The molecular weight excluding hydrogens is 461 g/mol. The molecule has 1 aliphatic carbocycles. The van der Waals surface area contributed by atoms with Gasteiger partial charge in [-0.1, -0.05) is 18.2 Å². The van der Waals surface area contributed by atoms with Gasteiger partial charge in [-0.2, -0.15) is 0 Å². The topological polar surface area (TPSA) is 72.7 Å². The van der Waals surface area contributed by atoms with Gasteiger partial charge >= 0.3 is 12.5 Å². The van der Waals surface area contributed by atoms with Gasteiger partial charge in [-0.15, -0.1) is 13.2 Å². The molecule has 0 aliphatic heterocycles. The number of benzene rings is 2. The maximum atomic E-state index is 12.5. The Morgan fingerprint density at radius 2 is 1.83 bits per heavy atom. The number of rotatable bonds is 5. The number of alkyl halides is 3. The second-order valence-electron chi connectivity index (χ2n) is 9.84. The first-order valence-electron chi connectivity index (χ1n) is 11.5. The molecule has 2 unspecified atom stereocenters. The highest BCUT2D eigenvalue weighted by molar-refractivity contribution is 5.96. The van der Waals surface area contributed by atoms with E-state index < -0.39 is 18.1 Å². The number of fused-ring (bicyclic) bond motifs is 1. The molecule has 1 fully saturated rings. The van der Waals surface area contributed by atoms with E-state index >= 15 is 0 Å². The maximum Gasteiger partial charge on any atom is 0.573 e. The van der Waals surface area contributed by atoms with E-state index in [1.54, 1.807) is 12.1 Å². The normalized spacial score (nSPS) is 18.6. The number of aliphatic hydroxyl groups excluding tert-OH is 1. The lowest BCUT2D eigenvalue weighted by atomic mass is 10.0. The first-order chi connectivity index (χ1) is 16.4. The molecule has 35 heavy (non-hydrogen) atoms. The van der Waals surface area contributed by atoms with Gasteiger partial charge in [0.25, 0.3) is 0 Å². The molecule has 1 amide bonds. The minimum Gasteiger partial charge on any atom is -0.444 e. The smallest absolute Gasteiger partial charge is 0.444 e.